The molecule has 29 heavy (non-hydrogen) atoms. The number of nitrogens with one attached hydrogen (secondary N) is 3. The third-order valence-corrected chi connectivity index (χ3v) is 4.80. The Morgan fingerprint density at radius 3 is 2.79 bits per heavy atom. The summed E-state index contributed by atoms with van der Waals surface area (Å²) in [5.41, 5.74) is 2.66. The van der Waals surface area contributed by atoms with Crippen LogP contribution in [0.3, 0.4) is 0 Å². The van der Waals surface area contributed by atoms with Crippen molar-refractivity contribution >= 4 is 5.91 Å². The van der Waals surface area contributed by atoms with Gasteiger partial charge in [0.25, 0.3) is 0 Å². The van der Waals surface area contributed by atoms with Gasteiger partial charge in [0.2, 0.25) is 5.91 Å². The van der Waals surface area contributed by atoms with Crippen molar-refractivity contribution in [3.8, 4) is 22.6 Å². The third-order valence-electron chi connectivity index (χ3n) is 4.80. The lowest BCUT2D eigenvalue weighted by atomic mass is 10.1. The number of hydrogen-bond donors (Lipinski definition) is 3. The van der Waals surface area contributed by atoms with Crippen LogP contribution in [0.4, 0.5) is 4.39 Å². The second-order valence-corrected chi connectivity index (χ2v) is 6.94. The van der Waals surface area contributed by atoms with E-state index in [2.05, 4.69) is 30.5 Å². The van der Waals surface area contributed by atoms with Gasteiger partial charge in [-0.25, -0.2) is 9.37 Å². The summed E-state index contributed by atoms with van der Waals surface area (Å²) in [5.74, 6) is 0.219. The van der Waals surface area contributed by atoms with E-state index in [9.17, 15) is 9.18 Å². The molecule has 1 aliphatic rings. The average molecular weight is 394 g/mol. The van der Waals surface area contributed by atoms with Gasteiger partial charge in [-0.1, -0.05) is 18.2 Å². The van der Waals surface area contributed by atoms with E-state index < -0.39 is 0 Å². The Morgan fingerprint density at radius 2 is 2.03 bits per heavy atom. The number of carbonyl (C=O) groups excluding carboxylic acids is 1. The molecule has 8 heteroatoms. The van der Waals surface area contributed by atoms with Crippen LogP contribution in [-0.2, 0) is 11.3 Å². The number of hydrogen-bond acceptors (Lipinski definition) is 5. The van der Waals surface area contributed by atoms with E-state index in [1.54, 1.807) is 18.3 Å². The highest BCUT2D eigenvalue weighted by molar-refractivity contribution is 5.78. The molecule has 1 amide bonds. The van der Waals surface area contributed by atoms with Crippen LogP contribution in [0.15, 0.2) is 48.7 Å². The van der Waals surface area contributed by atoms with Crippen LogP contribution in [0.1, 0.15) is 5.82 Å². The standard InChI is InChI=1S/C21H23FN6O/c22-16-5-3-4-15(12-16)20-21(17-6-1-2-7-24-17)27-18(26-20)13-25-19(29)14-28-10-8-23-9-11-28/h1-7,12,23H,8-11,13-14H2,(H,25,29)(H,26,27). The topological polar surface area (TPSA) is 85.9 Å². The molecule has 1 aliphatic heterocycles. The van der Waals surface area contributed by atoms with Gasteiger partial charge in [-0.15, -0.1) is 0 Å². The fraction of sp³-hybridized carbons (Fsp3) is 0.286. The summed E-state index contributed by atoms with van der Waals surface area (Å²) in [6.45, 7) is 4.15. The van der Waals surface area contributed by atoms with Gasteiger partial charge in [0.15, 0.2) is 0 Å². The molecule has 3 heterocycles. The molecular formula is C21H23FN6O. The Labute approximate surface area is 168 Å². The van der Waals surface area contributed by atoms with E-state index in [1.165, 1.54) is 12.1 Å². The quantitative estimate of drug-likeness (QED) is 0.594. The molecule has 1 aromatic carbocycles. The van der Waals surface area contributed by atoms with E-state index in [-0.39, 0.29) is 18.3 Å². The number of aromatic nitrogens is 3. The van der Waals surface area contributed by atoms with Crippen LogP contribution in [-0.4, -0.2) is 58.5 Å². The predicted molar refractivity (Wildman–Crippen MR) is 108 cm³/mol. The van der Waals surface area contributed by atoms with Gasteiger partial charge >= 0.3 is 0 Å². The van der Waals surface area contributed by atoms with Crippen molar-refractivity contribution in [2.75, 3.05) is 32.7 Å². The maximum absolute atomic E-state index is 13.8. The van der Waals surface area contributed by atoms with Crippen LogP contribution in [0.25, 0.3) is 22.6 Å². The summed E-state index contributed by atoms with van der Waals surface area (Å²) >= 11 is 0. The van der Waals surface area contributed by atoms with Crippen molar-refractivity contribution in [2.24, 2.45) is 0 Å². The number of amides is 1. The van der Waals surface area contributed by atoms with E-state index in [0.29, 0.717) is 35.0 Å². The van der Waals surface area contributed by atoms with Gasteiger partial charge in [0.05, 0.1) is 30.2 Å². The first kappa shape index (κ1) is 19.2. The lowest BCUT2D eigenvalue weighted by Crippen LogP contribution is -2.47. The molecule has 3 N–H and O–H groups in total. The van der Waals surface area contributed by atoms with Crippen molar-refractivity contribution in [1.82, 2.24) is 30.5 Å². The van der Waals surface area contributed by atoms with E-state index in [0.717, 1.165) is 26.2 Å². The molecule has 150 valence electrons. The molecule has 7 nitrogen and oxygen atoms in total. The SMILES string of the molecule is O=C(CN1CCNCC1)NCc1nc(-c2cccc(F)c2)c(-c2ccccn2)[nH]1. The number of aromatic amines is 1. The number of halogens is 1. The van der Waals surface area contributed by atoms with Gasteiger partial charge in [-0.3, -0.25) is 14.7 Å². The Bertz CT molecular complexity index is 968. The molecule has 0 atom stereocenters. The molecule has 0 aliphatic carbocycles. The Morgan fingerprint density at radius 1 is 1.17 bits per heavy atom. The number of imidazole rings is 1. The predicted octanol–water partition coefficient (Wildman–Crippen LogP) is 1.80. The summed E-state index contributed by atoms with van der Waals surface area (Å²) in [6, 6.07) is 11.9. The van der Waals surface area contributed by atoms with Gasteiger partial charge in [0, 0.05) is 37.9 Å². The molecule has 1 saturated heterocycles. The highest BCUT2D eigenvalue weighted by Crippen LogP contribution is 2.29. The van der Waals surface area contributed by atoms with E-state index in [4.69, 9.17) is 0 Å². The zero-order valence-electron chi connectivity index (χ0n) is 16.0. The molecule has 0 spiro atoms. The molecule has 0 unspecified atom stereocenters. The largest absolute Gasteiger partial charge is 0.348 e. The summed E-state index contributed by atoms with van der Waals surface area (Å²) < 4.78 is 13.8. The summed E-state index contributed by atoms with van der Waals surface area (Å²) in [5, 5.41) is 6.18. The number of pyridine rings is 1. The first-order valence-electron chi connectivity index (χ1n) is 9.65. The Balaban J connectivity index is 1.52. The number of nitrogens with zero attached hydrogens (tertiary/aromatic N) is 3. The normalized spacial score (nSPS) is 14.7. The fourth-order valence-electron chi connectivity index (χ4n) is 3.36. The zero-order valence-corrected chi connectivity index (χ0v) is 16.0. The minimum atomic E-state index is -0.330. The number of rotatable bonds is 6. The highest BCUT2D eigenvalue weighted by atomic mass is 19.1. The molecule has 3 aromatic rings. The molecule has 0 saturated carbocycles. The highest BCUT2D eigenvalue weighted by Gasteiger charge is 2.17. The number of H-pyrrole nitrogens is 1. The van der Waals surface area contributed by atoms with Gasteiger partial charge < -0.3 is 15.6 Å². The summed E-state index contributed by atoms with van der Waals surface area (Å²) in [6.07, 6.45) is 1.69. The van der Waals surface area contributed by atoms with Gasteiger partial charge in [0.1, 0.15) is 11.6 Å². The molecule has 0 bridgehead atoms. The van der Waals surface area contributed by atoms with Crippen molar-refractivity contribution in [3.05, 3.63) is 60.3 Å². The number of piperazine rings is 1. The number of benzene rings is 1. The minimum Gasteiger partial charge on any atom is -0.348 e. The first-order chi connectivity index (χ1) is 14.2. The second-order valence-electron chi connectivity index (χ2n) is 6.94. The van der Waals surface area contributed by atoms with Crippen molar-refractivity contribution < 1.29 is 9.18 Å². The number of carbonyl (C=O) groups is 1. The van der Waals surface area contributed by atoms with Crippen molar-refractivity contribution in [3.63, 3.8) is 0 Å². The minimum absolute atomic E-state index is 0.0463. The smallest absolute Gasteiger partial charge is 0.234 e. The Kier molecular flexibility index (Phi) is 5.92. The molecule has 0 radical (unpaired) electrons. The van der Waals surface area contributed by atoms with Crippen molar-refractivity contribution in [2.45, 2.75) is 6.54 Å². The first-order valence-corrected chi connectivity index (χ1v) is 9.65. The van der Waals surface area contributed by atoms with Gasteiger partial charge in [-0.2, -0.15) is 0 Å². The van der Waals surface area contributed by atoms with Crippen LogP contribution in [0, 0.1) is 5.82 Å². The van der Waals surface area contributed by atoms with E-state index in [1.807, 2.05) is 18.2 Å². The molecule has 1 fully saturated rings. The lowest BCUT2D eigenvalue weighted by Gasteiger charge is -2.26. The van der Waals surface area contributed by atoms with Gasteiger partial charge in [-0.05, 0) is 24.3 Å². The fourth-order valence-corrected chi connectivity index (χ4v) is 3.36. The third kappa shape index (κ3) is 4.85. The zero-order chi connectivity index (χ0) is 20.1. The second kappa shape index (κ2) is 8.93. The summed E-state index contributed by atoms with van der Waals surface area (Å²) in [7, 11) is 0. The molecule has 2 aromatic heterocycles. The molecular weight excluding hydrogens is 371 g/mol. The maximum Gasteiger partial charge on any atom is 0.234 e. The Hall–Kier alpha value is -3.10. The van der Waals surface area contributed by atoms with Crippen LogP contribution in [0.5, 0.6) is 0 Å². The van der Waals surface area contributed by atoms with Crippen LogP contribution < -0.4 is 10.6 Å². The van der Waals surface area contributed by atoms with E-state index >= 15 is 0 Å². The average Bonchev–Trinajstić information content (AvgIpc) is 3.18. The van der Waals surface area contributed by atoms with Crippen LogP contribution >= 0.6 is 0 Å². The monoisotopic (exact) mass is 394 g/mol. The molecule has 4 rings (SSSR count). The maximum atomic E-state index is 13.8. The summed E-state index contributed by atoms with van der Waals surface area (Å²) in [4.78, 5) is 26.6. The van der Waals surface area contributed by atoms with Crippen molar-refractivity contribution in [1.29, 1.82) is 0 Å². The lowest BCUT2D eigenvalue weighted by molar-refractivity contribution is -0.122. The van der Waals surface area contributed by atoms with Crippen LogP contribution in [0.2, 0.25) is 0 Å².